The number of nitrogens with one attached hydrogen (secondary N) is 1. The fourth-order valence-corrected chi connectivity index (χ4v) is 2.52. The lowest BCUT2D eigenvalue weighted by Crippen LogP contribution is -2.40. The van der Waals surface area contributed by atoms with E-state index in [0.717, 1.165) is 0 Å². The summed E-state index contributed by atoms with van der Waals surface area (Å²) in [5.74, 6) is -1.18. The zero-order valence-corrected chi connectivity index (χ0v) is 9.86. The highest BCUT2D eigenvalue weighted by atomic mass is 32.2. The fourth-order valence-electron chi connectivity index (χ4n) is 1.20. The second-order valence-corrected chi connectivity index (χ2v) is 5.15. The summed E-state index contributed by atoms with van der Waals surface area (Å²) in [6.45, 7) is 1.60. The maximum Gasteiger partial charge on any atom is 0.321 e. The molecule has 1 aromatic rings. The minimum Gasteiger partial charge on any atom is -0.480 e. The van der Waals surface area contributed by atoms with Crippen molar-refractivity contribution < 1.29 is 18.3 Å². The largest absolute Gasteiger partial charge is 0.480 e. The molecule has 0 aliphatic carbocycles. The molecular weight excluding hydrogens is 232 g/mol. The summed E-state index contributed by atoms with van der Waals surface area (Å²) in [5.41, 5.74) is 0. The molecule has 1 aromatic heterocycles. The van der Waals surface area contributed by atoms with Crippen LogP contribution >= 0.6 is 0 Å². The molecule has 0 amide bonds. The zero-order chi connectivity index (χ0) is 12.3. The van der Waals surface area contributed by atoms with Crippen molar-refractivity contribution in [1.82, 2.24) is 9.29 Å². The molecule has 0 bridgehead atoms. The second kappa shape index (κ2) is 4.67. The first-order valence-corrected chi connectivity index (χ1v) is 6.22. The van der Waals surface area contributed by atoms with E-state index < -0.39 is 22.0 Å². The van der Waals surface area contributed by atoms with Gasteiger partial charge in [-0.2, -0.15) is 4.72 Å². The highest BCUT2D eigenvalue weighted by Gasteiger charge is 2.24. The van der Waals surface area contributed by atoms with E-state index in [4.69, 9.17) is 5.11 Å². The first-order valence-electron chi connectivity index (χ1n) is 4.74. The average molecular weight is 246 g/mol. The Morgan fingerprint density at radius 2 is 2.25 bits per heavy atom. The Morgan fingerprint density at radius 1 is 1.62 bits per heavy atom. The molecule has 2 N–H and O–H groups in total. The number of rotatable bonds is 5. The fraction of sp³-hybridized carbons (Fsp3) is 0.444. The second-order valence-electron chi connectivity index (χ2n) is 3.43. The van der Waals surface area contributed by atoms with Crippen LogP contribution in [0.15, 0.2) is 23.4 Å². The van der Waals surface area contributed by atoms with E-state index in [1.807, 2.05) is 0 Å². The molecule has 0 saturated carbocycles. The van der Waals surface area contributed by atoms with E-state index in [2.05, 4.69) is 4.72 Å². The molecule has 0 saturated heterocycles. The van der Waals surface area contributed by atoms with Gasteiger partial charge in [0, 0.05) is 19.4 Å². The number of sulfonamides is 1. The minimum atomic E-state index is -3.75. The van der Waals surface area contributed by atoms with E-state index in [1.54, 1.807) is 24.7 Å². The average Bonchev–Trinajstić information content (AvgIpc) is 2.61. The number of aliphatic carboxylic acids is 1. The molecule has 0 unspecified atom stereocenters. The molecule has 0 aliphatic heterocycles. The van der Waals surface area contributed by atoms with Crippen LogP contribution in [0.2, 0.25) is 0 Å². The quantitative estimate of drug-likeness (QED) is 0.775. The summed E-state index contributed by atoms with van der Waals surface area (Å²) >= 11 is 0. The van der Waals surface area contributed by atoms with Crippen molar-refractivity contribution in [3.63, 3.8) is 0 Å². The van der Waals surface area contributed by atoms with Gasteiger partial charge in [0.15, 0.2) is 0 Å². The molecule has 7 heteroatoms. The third-order valence-electron chi connectivity index (χ3n) is 2.12. The molecular formula is C9H14N2O4S. The Bertz CT molecular complexity index is 477. The number of nitrogens with zero attached hydrogens (tertiary/aromatic N) is 1. The van der Waals surface area contributed by atoms with Crippen molar-refractivity contribution in [1.29, 1.82) is 0 Å². The topological polar surface area (TPSA) is 88.4 Å². The summed E-state index contributed by atoms with van der Waals surface area (Å²) in [4.78, 5) is 10.8. The monoisotopic (exact) mass is 246 g/mol. The third-order valence-corrected chi connectivity index (χ3v) is 3.58. The molecule has 0 spiro atoms. The van der Waals surface area contributed by atoms with Gasteiger partial charge >= 0.3 is 5.97 Å². The standard InChI is InChI=1S/C9H14N2O4S/c1-3-8(9(12)13)10-16(14,15)7-4-5-11(2)6-7/h4-6,8,10H,3H2,1-2H3,(H,12,13)/t8-/m0/s1. The van der Waals surface area contributed by atoms with Crippen LogP contribution in [0.25, 0.3) is 0 Å². The van der Waals surface area contributed by atoms with E-state index in [1.165, 1.54) is 12.3 Å². The van der Waals surface area contributed by atoms with Crippen molar-refractivity contribution in [2.24, 2.45) is 7.05 Å². The van der Waals surface area contributed by atoms with Crippen molar-refractivity contribution >= 4 is 16.0 Å². The maximum atomic E-state index is 11.7. The molecule has 90 valence electrons. The van der Waals surface area contributed by atoms with Crippen molar-refractivity contribution in [3.8, 4) is 0 Å². The number of aryl methyl sites for hydroxylation is 1. The zero-order valence-electron chi connectivity index (χ0n) is 9.04. The predicted molar refractivity (Wildman–Crippen MR) is 57.4 cm³/mol. The molecule has 1 atom stereocenters. The highest BCUT2D eigenvalue weighted by molar-refractivity contribution is 7.89. The van der Waals surface area contributed by atoms with Gasteiger partial charge in [-0.05, 0) is 12.5 Å². The first-order chi connectivity index (χ1) is 7.36. The Morgan fingerprint density at radius 3 is 2.62 bits per heavy atom. The van der Waals surface area contributed by atoms with Gasteiger partial charge < -0.3 is 9.67 Å². The molecule has 0 aromatic carbocycles. The van der Waals surface area contributed by atoms with Crippen molar-refractivity contribution in [2.75, 3.05) is 0 Å². The van der Waals surface area contributed by atoms with Gasteiger partial charge in [0.05, 0.1) is 4.90 Å². The minimum absolute atomic E-state index is 0.0645. The van der Waals surface area contributed by atoms with Crippen LogP contribution in [0, 0.1) is 0 Å². The Kier molecular flexibility index (Phi) is 3.71. The van der Waals surface area contributed by atoms with E-state index in [-0.39, 0.29) is 11.3 Å². The Labute approximate surface area is 93.9 Å². The summed E-state index contributed by atoms with van der Waals surface area (Å²) in [5, 5.41) is 8.76. The van der Waals surface area contributed by atoms with Gasteiger partial charge in [-0.15, -0.1) is 0 Å². The lowest BCUT2D eigenvalue weighted by atomic mass is 10.2. The molecule has 1 rings (SSSR count). The number of carboxylic acids is 1. The van der Waals surface area contributed by atoms with E-state index >= 15 is 0 Å². The normalized spacial score (nSPS) is 13.6. The van der Waals surface area contributed by atoms with Crippen LogP contribution in [0.5, 0.6) is 0 Å². The smallest absolute Gasteiger partial charge is 0.321 e. The highest BCUT2D eigenvalue weighted by Crippen LogP contribution is 2.09. The number of carboxylic acid groups (broad SMARTS) is 1. The number of hydrogen-bond donors (Lipinski definition) is 2. The van der Waals surface area contributed by atoms with Crippen molar-refractivity contribution in [3.05, 3.63) is 18.5 Å². The number of aromatic nitrogens is 1. The van der Waals surface area contributed by atoms with Gasteiger partial charge in [0.2, 0.25) is 10.0 Å². The van der Waals surface area contributed by atoms with Gasteiger partial charge in [-0.25, -0.2) is 8.42 Å². The molecule has 0 radical (unpaired) electrons. The summed E-state index contributed by atoms with van der Waals surface area (Å²) in [6, 6.07) is 0.321. The van der Waals surface area contributed by atoms with Crippen LogP contribution in [-0.4, -0.2) is 30.1 Å². The lowest BCUT2D eigenvalue weighted by Gasteiger charge is -2.11. The summed E-state index contributed by atoms with van der Waals surface area (Å²) < 4.78 is 27.2. The van der Waals surface area contributed by atoms with Crippen LogP contribution in [0.3, 0.4) is 0 Å². The number of carbonyl (C=O) groups is 1. The SMILES string of the molecule is CC[C@H](NS(=O)(=O)c1ccn(C)c1)C(=O)O. The summed E-state index contributed by atoms with van der Waals surface area (Å²) in [6.07, 6.45) is 3.19. The molecule has 0 fully saturated rings. The van der Waals surface area contributed by atoms with Crippen LogP contribution < -0.4 is 4.72 Å². The van der Waals surface area contributed by atoms with Crippen LogP contribution in [-0.2, 0) is 21.9 Å². The Hall–Kier alpha value is -1.34. The van der Waals surface area contributed by atoms with Gasteiger partial charge in [0.1, 0.15) is 6.04 Å². The van der Waals surface area contributed by atoms with Gasteiger partial charge in [-0.3, -0.25) is 4.79 Å². The van der Waals surface area contributed by atoms with E-state index in [9.17, 15) is 13.2 Å². The van der Waals surface area contributed by atoms with Gasteiger partial charge in [-0.1, -0.05) is 6.92 Å². The molecule has 0 aliphatic rings. The number of hydrogen-bond acceptors (Lipinski definition) is 3. The first kappa shape index (κ1) is 12.7. The molecule has 1 heterocycles. The third kappa shape index (κ3) is 2.83. The Balaban J connectivity index is 2.91. The van der Waals surface area contributed by atoms with Gasteiger partial charge in [0.25, 0.3) is 0 Å². The van der Waals surface area contributed by atoms with Crippen LogP contribution in [0.4, 0.5) is 0 Å². The van der Waals surface area contributed by atoms with Crippen LogP contribution in [0.1, 0.15) is 13.3 Å². The molecule has 16 heavy (non-hydrogen) atoms. The van der Waals surface area contributed by atoms with E-state index in [0.29, 0.717) is 0 Å². The maximum absolute atomic E-state index is 11.7. The van der Waals surface area contributed by atoms with Crippen molar-refractivity contribution in [2.45, 2.75) is 24.3 Å². The summed E-state index contributed by atoms with van der Waals surface area (Å²) in [7, 11) is -2.06. The lowest BCUT2D eigenvalue weighted by molar-refractivity contribution is -0.139. The predicted octanol–water partition coefficient (Wildman–Crippen LogP) is 0.167. The molecule has 6 nitrogen and oxygen atoms in total.